The lowest BCUT2D eigenvalue weighted by molar-refractivity contribution is 0.174. The largest absolute Gasteiger partial charge is 0.464 e. The molecule has 6 heteroatoms. The fourth-order valence-corrected chi connectivity index (χ4v) is 1.89. The van der Waals surface area contributed by atoms with Gasteiger partial charge in [-0.2, -0.15) is 0 Å². The Morgan fingerprint density at radius 2 is 1.53 bits per heavy atom. The molecule has 0 heterocycles. The van der Waals surface area contributed by atoms with Gasteiger partial charge in [0.25, 0.3) is 0 Å². The number of hydrogen-bond acceptors (Lipinski definition) is 4. The molecule has 0 N–H and O–H groups in total. The molecule has 0 bridgehead atoms. The first-order valence-corrected chi connectivity index (χ1v) is 6.37. The van der Waals surface area contributed by atoms with Gasteiger partial charge in [0, 0.05) is 0 Å². The Bertz CT molecular complexity index is 255. The van der Waals surface area contributed by atoms with Gasteiger partial charge in [-0.25, -0.2) is 9.36 Å². The Morgan fingerprint density at radius 3 is 1.80 bits per heavy atom. The van der Waals surface area contributed by atoms with E-state index in [0.717, 1.165) is 0 Å². The summed E-state index contributed by atoms with van der Waals surface area (Å²) in [5.41, 5.74) is 0. The SMILES string of the molecule is CC(C)COP(=O)(N=C=O)OCC(C)C. The van der Waals surface area contributed by atoms with E-state index in [9.17, 15) is 9.36 Å². The lowest BCUT2D eigenvalue weighted by Crippen LogP contribution is -2.05. The normalized spacial score (nSPS) is 11.9. The molecule has 5 nitrogen and oxygen atoms in total. The Labute approximate surface area is 90.5 Å². The lowest BCUT2D eigenvalue weighted by atomic mass is 10.2. The summed E-state index contributed by atoms with van der Waals surface area (Å²) < 4.78 is 24.8. The van der Waals surface area contributed by atoms with Crippen molar-refractivity contribution in [3.8, 4) is 0 Å². The summed E-state index contributed by atoms with van der Waals surface area (Å²) in [5.74, 6) is 0.394. The van der Waals surface area contributed by atoms with Gasteiger partial charge in [0.15, 0.2) is 0 Å². The summed E-state index contributed by atoms with van der Waals surface area (Å²) in [6.45, 7) is 8.07. The van der Waals surface area contributed by atoms with E-state index in [4.69, 9.17) is 9.05 Å². The van der Waals surface area contributed by atoms with Crippen LogP contribution in [0, 0.1) is 11.8 Å². The third-order valence-electron chi connectivity index (χ3n) is 1.31. The van der Waals surface area contributed by atoms with Gasteiger partial charge in [0.05, 0.1) is 13.2 Å². The second-order valence-corrected chi connectivity index (χ2v) is 5.69. The molecule has 0 aromatic heterocycles. The van der Waals surface area contributed by atoms with Crippen LogP contribution in [-0.2, 0) is 18.4 Å². The van der Waals surface area contributed by atoms with Crippen molar-refractivity contribution < 1.29 is 18.4 Å². The molecule has 0 spiro atoms. The molecule has 0 aromatic rings. The van der Waals surface area contributed by atoms with Crippen LogP contribution in [0.5, 0.6) is 0 Å². The van der Waals surface area contributed by atoms with Gasteiger partial charge < -0.3 is 0 Å². The smallest absolute Gasteiger partial charge is 0.290 e. The highest BCUT2D eigenvalue weighted by atomic mass is 31.2. The fraction of sp³-hybridized carbons (Fsp3) is 0.889. The molecule has 0 saturated carbocycles. The summed E-state index contributed by atoms with van der Waals surface area (Å²) in [6.07, 6.45) is 1.22. The van der Waals surface area contributed by atoms with E-state index in [1.807, 2.05) is 27.7 Å². The molecule has 0 atom stereocenters. The standard InChI is InChI=1S/C9H18NO4P/c1-8(2)5-13-15(12,10-7-11)14-6-9(3)4/h8-9H,5-6H2,1-4H3. The number of carbonyl (C=O) groups excluding carboxylic acids is 1. The van der Waals surface area contributed by atoms with Gasteiger partial charge in [-0.05, 0) is 11.8 Å². The van der Waals surface area contributed by atoms with Crippen molar-refractivity contribution in [2.75, 3.05) is 13.2 Å². The number of nitrogens with zero attached hydrogens (tertiary/aromatic N) is 1. The van der Waals surface area contributed by atoms with Crippen LogP contribution < -0.4 is 0 Å². The zero-order valence-corrected chi connectivity index (χ0v) is 10.5. The van der Waals surface area contributed by atoms with Gasteiger partial charge in [-0.3, -0.25) is 9.05 Å². The number of isocyanates is 1. The molecule has 0 rings (SSSR count). The third-order valence-corrected chi connectivity index (χ3v) is 2.58. The molecular weight excluding hydrogens is 217 g/mol. The molecule has 0 unspecified atom stereocenters. The minimum absolute atomic E-state index is 0.197. The van der Waals surface area contributed by atoms with Crippen molar-refractivity contribution in [3.05, 3.63) is 0 Å². The van der Waals surface area contributed by atoms with Crippen LogP contribution in [0.4, 0.5) is 0 Å². The van der Waals surface area contributed by atoms with Crippen molar-refractivity contribution in [1.29, 1.82) is 0 Å². The molecule has 0 saturated heterocycles. The molecular formula is C9H18NO4P. The molecule has 0 aliphatic rings. The average molecular weight is 235 g/mol. The first kappa shape index (κ1) is 14.5. The van der Waals surface area contributed by atoms with Gasteiger partial charge in [0.2, 0.25) is 6.08 Å². The molecule has 0 fully saturated rings. The van der Waals surface area contributed by atoms with Crippen LogP contribution in [0.3, 0.4) is 0 Å². The van der Waals surface area contributed by atoms with Crippen LogP contribution in [0.25, 0.3) is 0 Å². The van der Waals surface area contributed by atoms with Crippen LogP contribution in [0.2, 0.25) is 0 Å². The highest BCUT2D eigenvalue weighted by molar-refractivity contribution is 7.52. The Kier molecular flexibility index (Phi) is 6.70. The van der Waals surface area contributed by atoms with Gasteiger partial charge in [0.1, 0.15) is 0 Å². The second kappa shape index (κ2) is 6.91. The maximum absolute atomic E-state index is 11.7. The summed E-state index contributed by atoms with van der Waals surface area (Å²) in [7, 11) is -3.63. The molecule has 0 aromatic carbocycles. The average Bonchev–Trinajstić information content (AvgIpc) is 2.13. The van der Waals surface area contributed by atoms with E-state index in [1.165, 1.54) is 6.08 Å². The van der Waals surface area contributed by atoms with E-state index >= 15 is 0 Å². The molecule has 0 radical (unpaired) electrons. The summed E-state index contributed by atoms with van der Waals surface area (Å²) in [5, 5.41) is 0. The molecule has 0 aliphatic heterocycles. The number of hydrogen-bond donors (Lipinski definition) is 0. The molecule has 0 aliphatic carbocycles. The van der Waals surface area contributed by atoms with Gasteiger partial charge in [-0.1, -0.05) is 32.5 Å². The van der Waals surface area contributed by atoms with E-state index in [-0.39, 0.29) is 25.0 Å². The van der Waals surface area contributed by atoms with Crippen LogP contribution >= 0.6 is 7.75 Å². The van der Waals surface area contributed by atoms with Crippen LogP contribution in [0.1, 0.15) is 27.7 Å². The van der Waals surface area contributed by atoms with Crippen molar-refractivity contribution in [2.24, 2.45) is 16.6 Å². The van der Waals surface area contributed by atoms with E-state index < -0.39 is 7.75 Å². The summed E-state index contributed by atoms with van der Waals surface area (Å²) in [6, 6.07) is 0. The van der Waals surface area contributed by atoms with E-state index in [1.54, 1.807) is 0 Å². The highest BCUT2D eigenvalue weighted by Gasteiger charge is 2.25. The highest BCUT2D eigenvalue weighted by Crippen LogP contribution is 2.49. The predicted octanol–water partition coefficient (Wildman–Crippen LogP) is 2.78. The van der Waals surface area contributed by atoms with Gasteiger partial charge in [-0.15, -0.1) is 0 Å². The molecule has 88 valence electrons. The van der Waals surface area contributed by atoms with Crippen molar-refractivity contribution in [1.82, 2.24) is 0 Å². The minimum atomic E-state index is -3.63. The first-order valence-electron chi connectivity index (χ1n) is 4.88. The van der Waals surface area contributed by atoms with E-state index in [2.05, 4.69) is 4.76 Å². The maximum atomic E-state index is 11.7. The number of rotatable bonds is 7. The Morgan fingerprint density at radius 1 is 1.13 bits per heavy atom. The van der Waals surface area contributed by atoms with E-state index in [0.29, 0.717) is 0 Å². The van der Waals surface area contributed by atoms with Crippen molar-refractivity contribution in [2.45, 2.75) is 27.7 Å². The first-order chi connectivity index (χ1) is 6.89. The van der Waals surface area contributed by atoms with Crippen molar-refractivity contribution >= 4 is 13.8 Å². The second-order valence-electron chi connectivity index (χ2n) is 4.04. The third kappa shape index (κ3) is 7.46. The molecule has 0 amide bonds. The monoisotopic (exact) mass is 235 g/mol. The zero-order valence-electron chi connectivity index (χ0n) is 9.60. The molecule has 15 heavy (non-hydrogen) atoms. The lowest BCUT2D eigenvalue weighted by Gasteiger charge is -2.14. The Balaban J connectivity index is 4.32. The maximum Gasteiger partial charge on any atom is 0.464 e. The Hall–Kier alpha value is -0.470. The van der Waals surface area contributed by atoms with Crippen LogP contribution in [0.15, 0.2) is 4.76 Å². The van der Waals surface area contributed by atoms with Crippen LogP contribution in [-0.4, -0.2) is 19.3 Å². The topological polar surface area (TPSA) is 65.0 Å². The summed E-state index contributed by atoms with van der Waals surface area (Å²) >= 11 is 0. The summed E-state index contributed by atoms with van der Waals surface area (Å²) in [4.78, 5) is 10.1. The zero-order chi connectivity index (χ0) is 11.9. The minimum Gasteiger partial charge on any atom is -0.290 e. The van der Waals surface area contributed by atoms with Crippen molar-refractivity contribution in [3.63, 3.8) is 0 Å². The quantitative estimate of drug-likeness (QED) is 0.386. The predicted molar refractivity (Wildman–Crippen MR) is 57.3 cm³/mol. The fourth-order valence-electron chi connectivity index (χ4n) is 0.632. The van der Waals surface area contributed by atoms with Gasteiger partial charge >= 0.3 is 7.75 Å².